The number of carbonyl (C=O) groups excluding carboxylic acids is 1. The Morgan fingerprint density at radius 3 is 2.43 bits per heavy atom. The summed E-state index contributed by atoms with van der Waals surface area (Å²) in [6.45, 7) is 3.64. The molecule has 0 radical (unpaired) electrons. The molecule has 226 valence electrons. The van der Waals surface area contributed by atoms with Crippen LogP contribution in [0.25, 0.3) is 11.1 Å². The molecule has 0 bridgehead atoms. The Labute approximate surface area is 245 Å². The van der Waals surface area contributed by atoms with Gasteiger partial charge >= 0.3 is 6.36 Å². The molecule has 13 heteroatoms. The van der Waals surface area contributed by atoms with Crippen LogP contribution in [0.15, 0.2) is 48.7 Å². The van der Waals surface area contributed by atoms with Gasteiger partial charge in [0.15, 0.2) is 6.29 Å². The third-order valence-electron chi connectivity index (χ3n) is 7.83. The topological polar surface area (TPSA) is 53.8 Å². The van der Waals surface area contributed by atoms with E-state index in [2.05, 4.69) is 19.6 Å². The van der Waals surface area contributed by atoms with Crippen molar-refractivity contribution in [1.29, 1.82) is 0 Å². The molecule has 0 aliphatic carbocycles. The van der Waals surface area contributed by atoms with Gasteiger partial charge < -0.3 is 9.80 Å². The average molecular weight is 612 g/mol. The van der Waals surface area contributed by atoms with Crippen LogP contribution in [0.4, 0.5) is 33.3 Å². The molecule has 1 aromatic heterocycles. The van der Waals surface area contributed by atoms with Gasteiger partial charge in [-0.25, -0.2) is 8.78 Å². The third kappa shape index (κ3) is 7.04. The van der Waals surface area contributed by atoms with E-state index in [1.165, 1.54) is 10.9 Å². The molecule has 2 saturated heterocycles. The first-order valence-corrected chi connectivity index (χ1v) is 14.1. The van der Waals surface area contributed by atoms with Crippen LogP contribution >= 0.6 is 11.6 Å². The van der Waals surface area contributed by atoms with E-state index in [0.717, 1.165) is 28.9 Å². The number of piperazine rings is 1. The van der Waals surface area contributed by atoms with Gasteiger partial charge in [0.2, 0.25) is 0 Å². The Hall–Kier alpha value is -3.22. The fourth-order valence-corrected chi connectivity index (χ4v) is 5.91. The lowest BCUT2D eigenvalue weighted by Gasteiger charge is -2.37. The second-order valence-corrected chi connectivity index (χ2v) is 10.9. The summed E-state index contributed by atoms with van der Waals surface area (Å²) in [5.41, 5.74) is 3.37. The molecule has 0 N–H and O–H groups in total. The van der Waals surface area contributed by atoms with Crippen molar-refractivity contribution in [1.82, 2.24) is 14.7 Å². The summed E-state index contributed by atoms with van der Waals surface area (Å²) in [5.74, 6) is 0. The van der Waals surface area contributed by atoms with Gasteiger partial charge in [-0.1, -0.05) is 29.8 Å². The van der Waals surface area contributed by atoms with E-state index < -0.39 is 12.8 Å². The number of rotatable bonds is 9. The first kappa shape index (κ1) is 30.2. The fraction of sp³-hybridized carbons (Fsp3) is 0.448. The highest BCUT2D eigenvalue weighted by Crippen LogP contribution is 2.38. The molecule has 1 atom stereocenters. The molecule has 2 aromatic carbocycles. The number of aldehydes is 1. The van der Waals surface area contributed by atoms with Crippen molar-refractivity contribution in [3.05, 3.63) is 64.9 Å². The van der Waals surface area contributed by atoms with Crippen LogP contribution in [0.2, 0.25) is 5.02 Å². The molecule has 2 aliphatic rings. The van der Waals surface area contributed by atoms with Crippen molar-refractivity contribution in [3.63, 3.8) is 0 Å². The zero-order valence-electron chi connectivity index (χ0n) is 22.7. The predicted octanol–water partition coefficient (Wildman–Crippen LogP) is 6.45. The number of alkyl halides is 5. The van der Waals surface area contributed by atoms with E-state index >= 15 is 0 Å². The zero-order chi connectivity index (χ0) is 29.9. The second-order valence-electron chi connectivity index (χ2n) is 10.4. The van der Waals surface area contributed by atoms with Crippen molar-refractivity contribution in [2.75, 3.05) is 62.2 Å². The number of aromatic nitrogens is 2. The summed E-state index contributed by atoms with van der Waals surface area (Å²) in [7, 11) is 0. The maximum absolute atomic E-state index is 13.8. The van der Waals surface area contributed by atoms with Gasteiger partial charge in [0, 0.05) is 67.8 Å². The van der Waals surface area contributed by atoms with Crippen molar-refractivity contribution < 1.29 is 31.5 Å². The number of carbonyl (C=O) groups is 1. The highest BCUT2D eigenvalue weighted by Gasteiger charge is 2.30. The maximum Gasteiger partial charge on any atom is 0.522 e. The number of nitrogens with zero attached hydrogens (tertiary/aromatic N) is 5. The van der Waals surface area contributed by atoms with Gasteiger partial charge in [0.25, 0.3) is 6.43 Å². The minimum atomic E-state index is -4.61. The summed E-state index contributed by atoms with van der Waals surface area (Å²) < 4.78 is 69.5. The molecule has 7 nitrogen and oxygen atoms in total. The van der Waals surface area contributed by atoms with Crippen LogP contribution in [0.1, 0.15) is 41.4 Å². The minimum Gasteiger partial charge on any atom is -0.369 e. The average Bonchev–Trinajstić information content (AvgIpc) is 3.42. The Kier molecular flexibility index (Phi) is 9.34. The van der Waals surface area contributed by atoms with Crippen LogP contribution in [-0.4, -0.2) is 79.7 Å². The van der Waals surface area contributed by atoms with E-state index in [0.29, 0.717) is 57.0 Å². The lowest BCUT2D eigenvalue weighted by Crippen LogP contribution is -2.47. The summed E-state index contributed by atoms with van der Waals surface area (Å²) in [6.07, 6.45) is -4.40. The Morgan fingerprint density at radius 1 is 1.02 bits per heavy atom. The molecule has 2 fully saturated rings. The summed E-state index contributed by atoms with van der Waals surface area (Å²) >= 11 is 6.40. The summed E-state index contributed by atoms with van der Waals surface area (Å²) in [6, 6.07) is 13.4. The Morgan fingerprint density at radius 2 is 1.76 bits per heavy atom. The standard InChI is InChI=1S/C29H31ClF5N5O2/c30-22-5-8-25(20-3-6-23(7-4-20)38-12-10-37(11-13-38)14-15-42-29(33,34)35)26(16-22)39-9-1-2-24(18-39)40-27(28(31)32)21(19-41)17-36-40/h3-8,16-17,19,24,28H,1-2,9-15,18H2. The van der Waals surface area contributed by atoms with Crippen LogP contribution in [0.5, 0.6) is 0 Å². The molecule has 3 heterocycles. The summed E-state index contributed by atoms with van der Waals surface area (Å²) in [4.78, 5) is 17.6. The Bertz CT molecular complexity index is 1360. The van der Waals surface area contributed by atoms with Gasteiger partial charge in [0.05, 0.1) is 24.4 Å². The van der Waals surface area contributed by atoms with Gasteiger partial charge in [-0.15, -0.1) is 13.2 Å². The van der Waals surface area contributed by atoms with Crippen LogP contribution in [0.3, 0.4) is 0 Å². The summed E-state index contributed by atoms with van der Waals surface area (Å²) in [5, 5.41) is 4.69. The molecular weight excluding hydrogens is 581 g/mol. The van der Waals surface area contributed by atoms with Gasteiger partial charge in [-0.3, -0.25) is 19.1 Å². The zero-order valence-corrected chi connectivity index (χ0v) is 23.5. The van der Waals surface area contributed by atoms with Crippen LogP contribution < -0.4 is 9.80 Å². The van der Waals surface area contributed by atoms with Crippen molar-refractivity contribution in [2.45, 2.75) is 31.7 Å². The number of hydrogen-bond acceptors (Lipinski definition) is 6. The molecular formula is C29H31ClF5N5O2. The van der Waals surface area contributed by atoms with E-state index in [1.807, 2.05) is 47.4 Å². The van der Waals surface area contributed by atoms with Crippen molar-refractivity contribution >= 4 is 29.3 Å². The van der Waals surface area contributed by atoms with E-state index in [1.54, 1.807) is 0 Å². The van der Waals surface area contributed by atoms with Crippen LogP contribution in [-0.2, 0) is 4.74 Å². The second kappa shape index (κ2) is 13.0. The maximum atomic E-state index is 13.8. The molecule has 2 aliphatic heterocycles. The fourth-order valence-electron chi connectivity index (χ4n) is 5.75. The molecule has 1 unspecified atom stereocenters. The highest BCUT2D eigenvalue weighted by atomic mass is 35.5. The van der Waals surface area contributed by atoms with Gasteiger partial charge in [0.1, 0.15) is 5.69 Å². The monoisotopic (exact) mass is 611 g/mol. The van der Waals surface area contributed by atoms with E-state index in [9.17, 15) is 26.7 Å². The SMILES string of the molecule is O=Cc1cnn(C2CCCN(c3cc(Cl)ccc3-c3ccc(N4CCN(CCOC(F)(F)F)CC4)cc3)C2)c1C(F)F. The van der Waals surface area contributed by atoms with E-state index in [-0.39, 0.29) is 30.5 Å². The number of ether oxygens (including phenoxy) is 1. The number of piperidine rings is 1. The number of halogens is 6. The lowest BCUT2D eigenvalue weighted by atomic mass is 9.99. The van der Waals surface area contributed by atoms with Crippen molar-refractivity contribution in [2.24, 2.45) is 0 Å². The predicted molar refractivity (Wildman–Crippen MR) is 151 cm³/mol. The Balaban J connectivity index is 1.28. The smallest absolute Gasteiger partial charge is 0.369 e. The van der Waals surface area contributed by atoms with E-state index in [4.69, 9.17) is 11.6 Å². The quantitative estimate of drug-likeness (QED) is 0.205. The molecule has 5 rings (SSSR count). The molecule has 42 heavy (non-hydrogen) atoms. The van der Waals surface area contributed by atoms with Gasteiger partial charge in [-0.2, -0.15) is 5.10 Å². The number of anilines is 2. The lowest BCUT2D eigenvalue weighted by molar-refractivity contribution is -0.325. The van der Waals surface area contributed by atoms with Crippen LogP contribution in [0, 0.1) is 0 Å². The molecule has 0 amide bonds. The van der Waals surface area contributed by atoms with Crippen molar-refractivity contribution in [3.8, 4) is 11.1 Å². The molecule has 0 saturated carbocycles. The first-order chi connectivity index (χ1) is 20.1. The highest BCUT2D eigenvalue weighted by molar-refractivity contribution is 6.31. The molecule has 3 aromatic rings. The largest absolute Gasteiger partial charge is 0.522 e. The number of benzene rings is 2. The normalized spacial score (nSPS) is 18.6. The molecule has 0 spiro atoms. The minimum absolute atomic E-state index is 0.0949. The van der Waals surface area contributed by atoms with Gasteiger partial charge in [-0.05, 0) is 42.7 Å². The third-order valence-corrected chi connectivity index (χ3v) is 8.06. The number of hydrogen-bond donors (Lipinski definition) is 0. The first-order valence-electron chi connectivity index (χ1n) is 13.8.